The van der Waals surface area contributed by atoms with Gasteiger partial charge in [0, 0.05) is 5.56 Å². The van der Waals surface area contributed by atoms with Crippen LogP contribution in [0.2, 0.25) is 0 Å². The molecule has 0 spiro atoms. The quantitative estimate of drug-likeness (QED) is 0.777. The molecule has 1 atom stereocenters. The Morgan fingerprint density at radius 2 is 1.59 bits per heavy atom. The molecule has 1 aliphatic rings. The second-order valence-electron chi connectivity index (χ2n) is 4.09. The van der Waals surface area contributed by atoms with E-state index in [1.54, 1.807) is 0 Å². The number of rotatable bonds is 1. The molecular weight excluding hydrogens is 212 g/mol. The summed E-state index contributed by atoms with van der Waals surface area (Å²) in [4.78, 5) is 4.23. The zero-order valence-electron chi connectivity index (χ0n) is 9.17. The van der Waals surface area contributed by atoms with E-state index in [1.165, 1.54) is 0 Å². The molecular formula is C14H12N2O. The second kappa shape index (κ2) is 3.43. The zero-order valence-corrected chi connectivity index (χ0v) is 9.17. The molecule has 3 heteroatoms. The summed E-state index contributed by atoms with van der Waals surface area (Å²) in [5.41, 5.74) is 6.82. The first kappa shape index (κ1) is 10.1. The molecule has 3 nitrogen and oxygen atoms in total. The number of benzene rings is 2. The summed E-state index contributed by atoms with van der Waals surface area (Å²) in [6.45, 7) is 0. The Kier molecular flexibility index (Phi) is 2.03. The molecule has 0 saturated heterocycles. The van der Waals surface area contributed by atoms with Gasteiger partial charge in [0.25, 0.3) is 0 Å². The highest BCUT2D eigenvalue weighted by Gasteiger charge is 2.41. The minimum absolute atomic E-state index is 0.227. The average molecular weight is 224 g/mol. The first-order chi connectivity index (χ1) is 8.23. The zero-order chi connectivity index (χ0) is 11.9. The summed E-state index contributed by atoms with van der Waals surface area (Å²) < 4.78 is 0. The fraction of sp³-hybridized carbons (Fsp3) is 0.0714. The van der Waals surface area contributed by atoms with Gasteiger partial charge in [0.1, 0.15) is 5.84 Å². The number of hydrogen-bond acceptors (Lipinski definition) is 3. The van der Waals surface area contributed by atoms with Gasteiger partial charge in [-0.1, -0.05) is 48.5 Å². The van der Waals surface area contributed by atoms with Crippen molar-refractivity contribution in [2.24, 2.45) is 10.7 Å². The summed E-state index contributed by atoms with van der Waals surface area (Å²) in [7, 11) is 0. The first-order valence-corrected chi connectivity index (χ1v) is 5.45. The van der Waals surface area contributed by atoms with Gasteiger partial charge in [0.15, 0.2) is 5.60 Å². The predicted octanol–water partition coefficient (Wildman–Crippen LogP) is 1.92. The summed E-state index contributed by atoms with van der Waals surface area (Å²) in [5.74, 6) is 0.227. The van der Waals surface area contributed by atoms with Crippen molar-refractivity contribution in [3.63, 3.8) is 0 Å². The molecule has 0 amide bonds. The normalized spacial score (nSPS) is 22.1. The van der Waals surface area contributed by atoms with Crippen molar-refractivity contribution in [1.29, 1.82) is 0 Å². The SMILES string of the molecule is NC1=Nc2ccccc2[C@@]1(O)c1ccccc1. The molecule has 17 heavy (non-hydrogen) atoms. The Balaban J connectivity index is 2.25. The maximum Gasteiger partial charge on any atom is 0.174 e. The van der Waals surface area contributed by atoms with Crippen LogP contribution in [0.4, 0.5) is 5.69 Å². The van der Waals surface area contributed by atoms with Gasteiger partial charge in [0.05, 0.1) is 5.69 Å². The Bertz CT molecular complexity index is 592. The van der Waals surface area contributed by atoms with Gasteiger partial charge in [0.2, 0.25) is 0 Å². The van der Waals surface area contributed by atoms with Gasteiger partial charge in [-0.05, 0) is 11.6 Å². The molecule has 0 aromatic heterocycles. The van der Waals surface area contributed by atoms with Crippen molar-refractivity contribution in [2.75, 3.05) is 0 Å². The van der Waals surface area contributed by atoms with Crippen molar-refractivity contribution in [3.8, 4) is 0 Å². The van der Waals surface area contributed by atoms with Gasteiger partial charge < -0.3 is 10.8 Å². The van der Waals surface area contributed by atoms with Crippen LogP contribution in [0.5, 0.6) is 0 Å². The second-order valence-corrected chi connectivity index (χ2v) is 4.09. The van der Waals surface area contributed by atoms with Crippen molar-refractivity contribution in [2.45, 2.75) is 5.60 Å². The lowest BCUT2D eigenvalue weighted by atomic mass is 9.86. The Morgan fingerprint density at radius 1 is 0.941 bits per heavy atom. The third-order valence-corrected chi connectivity index (χ3v) is 3.10. The molecule has 84 valence electrons. The summed E-state index contributed by atoms with van der Waals surface area (Å²) >= 11 is 0. The highest BCUT2D eigenvalue weighted by Crippen LogP contribution is 2.41. The number of para-hydroxylation sites is 1. The summed E-state index contributed by atoms with van der Waals surface area (Å²) in [5, 5.41) is 10.8. The Morgan fingerprint density at radius 3 is 2.35 bits per heavy atom. The van der Waals surface area contributed by atoms with Gasteiger partial charge >= 0.3 is 0 Å². The van der Waals surface area contributed by atoms with E-state index in [0.29, 0.717) is 0 Å². The van der Waals surface area contributed by atoms with Crippen LogP contribution in [-0.4, -0.2) is 10.9 Å². The molecule has 0 bridgehead atoms. The number of fused-ring (bicyclic) bond motifs is 1. The van der Waals surface area contributed by atoms with Crippen LogP contribution >= 0.6 is 0 Å². The molecule has 0 unspecified atom stereocenters. The molecule has 0 aliphatic carbocycles. The summed E-state index contributed by atoms with van der Waals surface area (Å²) in [6.07, 6.45) is 0. The number of aliphatic imine (C=N–C) groups is 1. The Hall–Kier alpha value is -2.13. The van der Waals surface area contributed by atoms with Crippen LogP contribution in [0.3, 0.4) is 0 Å². The lowest BCUT2D eigenvalue weighted by molar-refractivity contribution is 0.158. The molecule has 1 aliphatic heterocycles. The van der Waals surface area contributed by atoms with E-state index in [2.05, 4.69) is 4.99 Å². The highest BCUT2D eigenvalue weighted by atomic mass is 16.3. The van der Waals surface area contributed by atoms with E-state index in [-0.39, 0.29) is 5.84 Å². The lowest BCUT2D eigenvalue weighted by Crippen LogP contribution is -2.39. The van der Waals surface area contributed by atoms with Gasteiger partial charge in [-0.15, -0.1) is 0 Å². The van der Waals surface area contributed by atoms with Crippen LogP contribution in [-0.2, 0) is 5.60 Å². The maximum absolute atomic E-state index is 10.8. The van der Waals surface area contributed by atoms with E-state index < -0.39 is 5.60 Å². The molecule has 0 saturated carbocycles. The average Bonchev–Trinajstić information content (AvgIpc) is 2.64. The highest BCUT2D eigenvalue weighted by molar-refractivity contribution is 6.00. The van der Waals surface area contributed by atoms with E-state index in [1.807, 2.05) is 54.6 Å². The van der Waals surface area contributed by atoms with Crippen molar-refractivity contribution < 1.29 is 5.11 Å². The maximum atomic E-state index is 10.8. The van der Waals surface area contributed by atoms with Crippen molar-refractivity contribution in [1.82, 2.24) is 0 Å². The lowest BCUT2D eigenvalue weighted by Gasteiger charge is -2.24. The first-order valence-electron chi connectivity index (χ1n) is 5.45. The van der Waals surface area contributed by atoms with E-state index in [0.717, 1.165) is 16.8 Å². The summed E-state index contributed by atoms with van der Waals surface area (Å²) in [6, 6.07) is 16.8. The number of nitrogens with two attached hydrogens (primary N) is 1. The van der Waals surface area contributed by atoms with Crippen LogP contribution in [0.15, 0.2) is 59.6 Å². The monoisotopic (exact) mass is 224 g/mol. The standard InChI is InChI=1S/C14H12N2O/c15-13-14(17,10-6-2-1-3-7-10)11-8-4-5-9-12(11)16-13/h1-9,17H,(H2,15,16)/t14-/m0/s1. The van der Waals surface area contributed by atoms with E-state index >= 15 is 0 Å². The van der Waals surface area contributed by atoms with Crippen LogP contribution in [0.25, 0.3) is 0 Å². The minimum atomic E-state index is -1.29. The molecule has 1 heterocycles. The largest absolute Gasteiger partial charge is 0.384 e. The number of nitrogens with zero attached hydrogens (tertiary/aromatic N) is 1. The molecule has 0 fully saturated rings. The van der Waals surface area contributed by atoms with Crippen LogP contribution in [0.1, 0.15) is 11.1 Å². The topological polar surface area (TPSA) is 58.6 Å². The third-order valence-electron chi connectivity index (χ3n) is 3.10. The molecule has 3 N–H and O–H groups in total. The number of amidine groups is 1. The molecule has 3 rings (SSSR count). The van der Waals surface area contributed by atoms with Crippen molar-refractivity contribution in [3.05, 3.63) is 65.7 Å². The van der Waals surface area contributed by atoms with Crippen LogP contribution in [0, 0.1) is 0 Å². The van der Waals surface area contributed by atoms with E-state index in [9.17, 15) is 5.11 Å². The predicted molar refractivity (Wildman–Crippen MR) is 67.2 cm³/mol. The molecule has 2 aromatic carbocycles. The van der Waals surface area contributed by atoms with Crippen molar-refractivity contribution >= 4 is 11.5 Å². The van der Waals surface area contributed by atoms with Gasteiger partial charge in [-0.25, -0.2) is 4.99 Å². The number of aliphatic hydroxyl groups is 1. The third kappa shape index (κ3) is 1.29. The van der Waals surface area contributed by atoms with Gasteiger partial charge in [-0.2, -0.15) is 0 Å². The van der Waals surface area contributed by atoms with Gasteiger partial charge in [-0.3, -0.25) is 0 Å². The fourth-order valence-electron chi connectivity index (χ4n) is 2.21. The Labute approximate surface area is 99.2 Å². The fourth-order valence-corrected chi connectivity index (χ4v) is 2.21. The van der Waals surface area contributed by atoms with Crippen LogP contribution < -0.4 is 5.73 Å². The minimum Gasteiger partial charge on any atom is -0.384 e. The number of hydrogen-bond donors (Lipinski definition) is 2. The van der Waals surface area contributed by atoms with E-state index in [4.69, 9.17) is 5.73 Å². The molecule has 0 radical (unpaired) electrons. The smallest absolute Gasteiger partial charge is 0.174 e. The molecule has 2 aromatic rings.